The molecule has 1 aromatic rings. The van der Waals surface area contributed by atoms with Crippen molar-refractivity contribution in [1.29, 1.82) is 0 Å². The van der Waals surface area contributed by atoms with Crippen LogP contribution in [0.15, 0.2) is 6.07 Å². The van der Waals surface area contributed by atoms with Gasteiger partial charge in [0.2, 0.25) is 0 Å². The number of urea groups is 1. The summed E-state index contributed by atoms with van der Waals surface area (Å²) >= 11 is 1.77. The molecule has 0 bridgehead atoms. The molecule has 1 aromatic heterocycles. The van der Waals surface area contributed by atoms with Crippen molar-refractivity contribution in [3.63, 3.8) is 0 Å². The normalized spacial score (nSPS) is 23.4. The third-order valence-electron chi connectivity index (χ3n) is 3.85. The van der Waals surface area contributed by atoms with E-state index in [4.69, 9.17) is 9.47 Å². The van der Waals surface area contributed by atoms with Crippen LogP contribution in [0.3, 0.4) is 0 Å². The molecule has 0 unspecified atom stereocenters. The Morgan fingerprint density at radius 1 is 1.55 bits per heavy atom. The van der Waals surface area contributed by atoms with Crippen LogP contribution in [0, 0.1) is 13.8 Å². The molecular weight excluding hydrogens is 300 g/mol. The van der Waals surface area contributed by atoms with Crippen LogP contribution >= 0.6 is 11.3 Å². The fourth-order valence-electron chi connectivity index (χ4n) is 2.92. The average molecular weight is 326 g/mol. The summed E-state index contributed by atoms with van der Waals surface area (Å²) < 4.78 is 10.9. The minimum atomic E-state index is -0.0556. The third-order valence-corrected chi connectivity index (χ3v) is 4.83. The Morgan fingerprint density at radius 2 is 2.27 bits per heavy atom. The molecule has 1 fully saturated rings. The van der Waals surface area contributed by atoms with Gasteiger partial charge in [-0.25, -0.2) is 4.79 Å². The summed E-state index contributed by atoms with van der Waals surface area (Å²) in [4.78, 5) is 16.9. The number of nitrogens with one attached hydrogen (secondary N) is 1. The fraction of sp³-hybridized carbons (Fsp3) is 0.688. The van der Waals surface area contributed by atoms with Gasteiger partial charge in [-0.15, -0.1) is 11.3 Å². The zero-order chi connectivity index (χ0) is 16.3. The van der Waals surface area contributed by atoms with Crippen molar-refractivity contribution in [2.75, 3.05) is 26.8 Å². The first-order valence-electron chi connectivity index (χ1n) is 7.67. The Hall–Kier alpha value is -1.11. The molecule has 0 spiro atoms. The summed E-state index contributed by atoms with van der Waals surface area (Å²) in [5.74, 6) is 0. The van der Waals surface area contributed by atoms with Gasteiger partial charge in [-0.3, -0.25) is 0 Å². The van der Waals surface area contributed by atoms with Gasteiger partial charge >= 0.3 is 6.03 Å². The maximum Gasteiger partial charge on any atom is 0.318 e. The Labute approximate surface area is 136 Å². The molecule has 22 heavy (non-hydrogen) atoms. The molecule has 3 atom stereocenters. The second kappa shape index (κ2) is 7.44. The van der Waals surface area contributed by atoms with E-state index >= 15 is 0 Å². The van der Waals surface area contributed by atoms with Gasteiger partial charge in [-0.2, -0.15) is 0 Å². The monoisotopic (exact) mass is 326 g/mol. The number of rotatable bonds is 4. The highest BCUT2D eigenvalue weighted by Crippen LogP contribution is 2.26. The first-order valence-corrected chi connectivity index (χ1v) is 8.49. The number of hydrogen-bond acceptors (Lipinski definition) is 4. The van der Waals surface area contributed by atoms with E-state index in [-0.39, 0.29) is 24.3 Å². The summed E-state index contributed by atoms with van der Waals surface area (Å²) in [6.07, 6.45) is -0.0278. The number of methoxy groups -OCH3 is 1. The third kappa shape index (κ3) is 4.21. The summed E-state index contributed by atoms with van der Waals surface area (Å²) in [6.45, 7) is 9.89. The molecule has 2 rings (SSSR count). The van der Waals surface area contributed by atoms with E-state index in [1.165, 1.54) is 15.3 Å². The molecule has 2 heterocycles. The summed E-state index contributed by atoms with van der Waals surface area (Å²) in [5.41, 5.74) is 1.20. The van der Waals surface area contributed by atoms with Gasteiger partial charge in [0.05, 0.1) is 31.4 Å². The lowest BCUT2D eigenvalue weighted by Crippen LogP contribution is -2.53. The van der Waals surface area contributed by atoms with Crippen molar-refractivity contribution in [1.82, 2.24) is 10.2 Å². The van der Waals surface area contributed by atoms with Gasteiger partial charge in [0, 0.05) is 23.4 Å². The molecule has 5 nitrogen and oxygen atoms in total. The van der Waals surface area contributed by atoms with Gasteiger partial charge in [0.25, 0.3) is 0 Å². The van der Waals surface area contributed by atoms with Gasteiger partial charge in [0.15, 0.2) is 0 Å². The number of thiophene rings is 1. The quantitative estimate of drug-likeness (QED) is 0.925. The number of hydrogen-bond donors (Lipinski definition) is 1. The molecule has 1 aliphatic rings. The van der Waals surface area contributed by atoms with Crippen LogP contribution in [0.5, 0.6) is 0 Å². The average Bonchev–Trinajstić information content (AvgIpc) is 2.77. The van der Waals surface area contributed by atoms with E-state index in [1.54, 1.807) is 18.4 Å². The van der Waals surface area contributed by atoms with Crippen molar-refractivity contribution < 1.29 is 14.3 Å². The number of aryl methyl sites for hydroxylation is 2. The lowest BCUT2D eigenvalue weighted by atomic mass is 10.1. The van der Waals surface area contributed by atoms with Crippen molar-refractivity contribution in [3.8, 4) is 0 Å². The van der Waals surface area contributed by atoms with E-state index < -0.39 is 0 Å². The summed E-state index contributed by atoms with van der Waals surface area (Å²) in [7, 11) is 1.65. The van der Waals surface area contributed by atoms with Crippen LogP contribution in [-0.4, -0.2) is 49.9 Å². The standard InChI is InChI=1S/C16H26N2O3S/c1-10-7-18(8-14(21-10)9-20-5)16(19)17-12(3)15-6-11(2)22-13(15)4/h6,10,12,14H,7-9H2,1-5H3,(H,17,19)/t10-,12+,14-/m0/s1. The lowest BCUT2D eigenvalue weighted by molar-refractivity contribution is -0.0898. The van der Waals surface area contributed by atoms with Crippen LogP contribution < -0.4 is 5.32 Å². The molecule has 1 N–H and O–H groups in total. The van der Waals surface area contributed by atoms with Gasteiger partial charge in [0.1, 0.15) is 0 Å². The smallest absolute Gasteiger partial charge is 0.318 e. The van der Waals surface area contributed by atoms with Crippen LogP contribution in [0.1, 0.15) is 35.2 Å². The minimum Gasteiger partial charge on any atom is -0.382 e. The van der Waals surface area contributed by atoms with Crippen molar-refractivity contribution in [3.05, 3.63) is 21.4 Å². The Bertz CT molecular complexity index is 517. The number of morpholine rings is 1. The SMILES string of the molecule is COC[C@@H]1CN(C(=O)N[C@H](C)c2cc(C)sc2C)C[C@H](C)O1. The zero-order valence-corrected chi connectivity index (χ0v) is 14.8. The molecule has 2 amide bonds. The Balaban J connectivity index is 1.97. The molecule has 0 aliphatic carbocycles. The number of ether oxygens (including phenoxy) is 2. The topological polar surface area (TPSA) is 50.8 Å². The molecule has 0 aromatic carbocycles. The Kier molecular flexibility index (Phi) is 5.83. The van der Waals surface area contributed by atoms with Gasteiger partial charge < -0.3 is 19.7 Å². The van der Waals surface area contributed by atoms with Crippen molar-refractivity contribution >= 4 is 17.4 Å². The minimum absolute atomic E-state index is 0.0106. The molecule has 0 radical (unpaired) electrons. The van der Waals surface area contributed by atoms with Crippen molar-refractivity contribution in [2.45, 2.75) is 45.9 Å². The van der Waals surface area contributed by atoms with E-state index in [1.807, 2.05) is 18.7 Å². The lowest BCUT2D eigenvalue weighted by Gasteiger charge is -2.37. The molecule has 6 heteroatoms. The fourth-order valence-corrected chi connectivity index (χ4v) is 3.95. The summed E-state index contributed by atoms with van der Waals surface area (Å²) in [5, 5.41) is 3.10. The highest BCUT2D eigenvalue weighted by Gasteiger charge is 2.29. The largest absolute Gasteiger partial charge is 0.382 e. The zero-order valence-electron chi connectivity index (χ0n) is 14.0. The first kappa shape index (κ1) is 17.2. The maximum absolute atomic E-state index is 12.5. The first-order chi connectivity index (χ1) is 10.4. The van der Waals surface area contributed by atoms with Gasteiger partial charge in [-0.05, 0) is 39.3 Å². The molecular formula is C16H26N2O3S. The number of carbonyl (C=O) groups is 1. The maximum atomic E-state index is 12.5. The second-order valence-electron chi connectivity index (χ2n) is 5.97. The second-order valence-corrected chi connectivity index (χ2v) is 7.43. The van der Waals surface area contributed by atoms with Crippen LogP contribution in [0.25, 0.3) is 0 Å². The van der Waals surface area contributed by atoms with Gasteiger partial charge in [-0.1, -0.05) is 0 Å². The van der Waals surface area contributed by atoms with E-state index in [2.05, 4.69) is 25.2 Å². The van der Waals surface area contributed by atoms with E-state index in [0.29, 0.717) is 19.7 Å². The predicted octanol–water partition coefficient (Wildman–Crippen LogP) is 2.87. The Morgan fingerprint density at radius 3 is 2.86 bits per heavy atom. The van der Waals surface area contributed by atoms with Crippen LogP contribution in [0.2, 0.25) is 0 Å². The van der Waals surface area contributed by atoms with Crippen LogP contribution in [0.4, 0.5) is 4.79 Å². The molecule has 0 saturated carbocycles. The predicted molar refractivity (Wildman–Crippen MR) is 88.5 cm³/mol. The number of amides is 2. The van der Waals surface area contributed by atoms with Crippen LogP contribution in [-0.2, 0) is 9.47 Å². The van der Waals surface area contributed by atoms with E-state index in [9.17, 15) is 4.79 Å². The number of carbonyl (C=O) groups excluding carboxylic acids is 1. The van der Waals surface area contributed by atoms with E-state index in [0.717, 1.165) is 0 Å². The molecule has 124 valence electrons. The molecule has 1 aliphatic heterocycles. The number of nitrogens with zero attached hydrogens (tertiary/aromatic N) is 1. The summed E-state index contributed by atoms with van der Waals surface area (Å²) in [6, 6.07) is 2.13. The highest BCUT2D eigenvalue weighted by atomic mass is 32.1. The van der Waals surface area contributed by atoms with Crippen molar-refractivity contribution in [2.24, 2.45) is 0 Å². The highest BCUT2D eigenvalue weighted by molar-refractivity contribution is 7.12. The molecule has 1 saturated heterocycles.